The van der Waals surface area contributed by atoms with Crippen molar-refractivity contribution < 1.29 is 14.0 Å². The van der Waals surface area contributed by atoms with E-state index in [-0.39, 0.29) is 18.3 Å². The fraction of sp³-hybridized carbons (Fsp3) is 0.538. The molecule has 166 valence electrons. The van der Waals surface area contributed by atoms with Crippen LogP contribution in [-0.4, -0.2) is 56.6 Å². The molecule has 0 bridgehead atoms. The third-order valence-electron chi connectivity index (χ3n) is 7.27. The molecule has 1 unspecified atom stereocenters. The lowest BCUT2D eigenvalue weighted by atomic mass is 9.78. The Bertz CT molecular complexity index is 847. The van der Waals surface area contributed by atoms with Gasteiger partial charge in [0.2, 0.25) is 0 Å². The maximum absolute atomic E-state index is 6.18. The maximum Gasteiger partial charge on any atom is 0.494 e. The molecule has 0 radical (unpaired) electrons. The van der Waals surface area contributed by atoms with Gasteiger partial charge in [0.05, 0.1) is 17.8 Å². The van der Waals surface area contributed by atoms with Crippen LogP contribution >= 0.6 is 0 Å². The molecule has 2 fully saturated rings. The summed E-state index contributed by atoms with van der Waals surface area (Å²) in [6, 6.07) is 17.7. The molecule has 0 aromatic heterocycles. The van der Waals surface area contributed by atoms with Gasteiger partial charge in [-0.2, -0.15) is 0 Å². The number of hydrogen-bond donors (Lipinski definition) is 0. The molecule has 4 nitrogen and oxygen atoms in total. The van der Waals surface area contributed by atoms with Gasteiger partial charge in [-0.05, 0) is 75.2 Å². The average Bonchev–Trinajstić information content (AvgIpc) is 2.99. The number of hydrogen-bond acceptors (Lipinski definition) is 4. The molecule has 0 amide bonds. The number of rotatable bonds is 6. The molecule has 2 aliphatic rings. The number of likely N-dealkylation sites (tertiary alicyclic amines) is 1. The fourth-order valence-corrected chi connectivity index (χ4v) is 4.51. The van der Waals surface area contributed by atoms with Crippen molar-refractivity contribution in [2.45, 2.75) is 57.7 Å². The Balaban J connectivity index is 1.42. The van der Waals surface area contributed by atoms with Crippen LogP contribution in [0.1, 0.15) is 52.0 Å². The quantitative estimate of drug-likeness (QED) is 0.644. The fourth-order valence-electron chi connectivity index (χ4n) is 4.51. The van der Waals surface area contributed by atoms with Crippen LogP contribution in [0.3, 0.4) is 0 Å². The maximum atomic E-state index is 6.18. The van der Waals surface area contributed by atoms with E-state index in [9.17, 15) is 0 Å². The minimum absolute atomic E-state index is 0.311. The van der Waals surface area contributed by atoms with E-state index in [1.54, 1.807) is 7.11 Å². The van der Waals surface area contributed by atoms with Gasteiger partial charge in [0.25, 0.3) is 0 Å². The minimum Gasteiger partial charge on any atom is -0.399 e. The summed E-state index contributed by atoms with van der Waals surface area (Å²) < 4.78 is 17.6. The summed E-state index contributed by atoms with van der Waals surface area (Å²) in [5, 5.41) is 0. The zero-order valence-corrected chi connectivity index (χ0v) is 19.7. The van der Waals surface area contributed by atoms with E-state index in [0.29, 0.717) is 5.92 Å². The van der Waals surface area contributed by atoms with Gasteiger partial charge in [0.15, 0.2) is 0 Å². The number of ether oxygens (including phenoxy) is 1. The molecular formula is C26H36BNO3. The summed E-state index contributed by atoms with van der Waals surface area (Å²) >= 11 is 0. The highest BCUT2D eigenvalue weighted by Gasteiger charge is 2.51. The average molecular weight is 421 g/mol. The first-order chi connectivity index (χ1) is 14.8. The Morgan fingerprint density at radius 2 is 1.52 bits per heavy atom. The lowest BCUT2D eigenvalue weighted by molar-refractivity contribution is 0.00578. The highest BCUT2D eigenvalue weighted by atomic mass is 16.7. The first kappa shape index (κ1) is 22.5. The zero-order chi connectivity index (χ0) is 22.1. The Labute approximate surface area is 188 Å². The van der Waals surface area contributed by atoms with E-state index in [1.807, 2.05) is 0 Å². The molecule has 31 heavy (non-hydrogen) atoms. The second-order valence-corrected chi connectivity index (χ2v) is 9.96. The van der Waals surface area contributed by atoms with Gasteiger partial charge in [-0.15, -0.1) is 0 Å². The second kappa shape index (κ2) is 9.07. The topological polar surface area (TPSA) is 30.9 Å². The summed E-state index contributed by atoms with van der Waals surface area (Å²) in [5.41, 5.74) is 4.35. The molecule has 1 atom stereocenters. The van der Waals surface area contributed by atoms with Crippen molar-refractivity contribution >= 4 is 12.6 Å². The molecule has 0 spiro atoms. The van der Waals surface area contributed by atoms with Crippen LogP contribution in [-0.2, 0) is 14.0 Å². The van der Waals surface area contributed by atoms with E-state index in [2.05, 4.69) is 81.1 Å². The summed E-state index contributed by atoms with van der Waals surface area (Å²) in [5.74, 6) is 0.616. The molecule has 2 aromatic rings. The van der Waals surface area contributed by atoms with Crippen molar-refractivity contribution in [2.75, 3.05) is 33.4 Å². The van der Waals surface area contributed by atoms with Crippen molar-refractivity contribution in [2.24, 2.45) is 0 Å². The third kappa shape index (κ3) is 4.90. The smallest absolute Gasteiger partial charge is 0.399 e. The lowest BCUT2D eigenvalue weighted by Crippen LogP contribution is -2.41. The van der Waals surface area contributed by atoms with E-state index < -0.39 is 0 Å². The Kier molecular flexibility index (Phi) is 6.59. The van der Waals surface area contributed by atoms with Crippen molar-refractivity contribution in [3.63, 3.8) is 0 Å². The van der Waals surface area contributed by atoms with E-state index in [4.69, 9.17) is 14.0 Å². The molecule has 2 saturated heterocycles. The highest BCUT2D eigenvalue weighted by Crippen LogP contribution is 2.36. The molecule has 2 heterocycles. The van der Waals surface area contributed by atoms with Crippen LogP contribution in [0.4, 0.5) is 0 Å². The second-order valence-electron chi connectivity index (χ2n) is 9.96. The summed E-state index contributed by atoms with van der Waals surface area (Å²) in [6.45, 7) is 12.5. The molecular weight excluding hydrogens is 385 g/mol. The van der Waals surface area contributed by atoms with E-state index in [0.717, 1.165) is 25.2 Å². The number of nitrogens with zero attached hydrogens (tertiary/aromatic N) is 1. The molecule has 5 heteroatoms. The normalized spacial score (nSPS) is 23.3. The highest BCUT2D eigenvalue weighted by molar-refractivity contribution is 6.62. The Morgan fingerprint density at radius 1 is 0.935 bits per heavy atom. The molecule has 4 rings (SSSR count). The first-order valence-electron chi connectivity index (χ1n) is 11.6. The summed E-state index contributed by atoms with van der Waals surface area (Å²) in [6.07, 6.45) is 2.53. The largest absolute Gasteiger partial charge is 0.494 e. The minimum atomic E-state index is -0.315. The molecule has 0 saturated carbocycles. The van der Waals surface area contributed by atoms with Gasteiger partial charge in [-0.3, -0.25) is 0 Å². The lowest BCUT2D eigenvalue weighted by Gasteiger charge is -2.32. The predicted molar refractivity (Wildman–Crippen MR) is 128 cm³/mol. The van der Waals surface area contributed by atoms with Crippen molar-refractivity contribution in [1.82, 2.24) is 4.90 Å². The van der Waals surface area contributed by atoms with Crippen molar-refractivity contribution in [3.8, 4) is 11.1 Å². The van der Waals surface area contributed by atoms with Crippen LogP contribution in [0.5, 0.6) is 0 Å². The van der Waals surface area contributed by atoms with Crippen LogP contribution < -0.4 is 5.46 Å². The van der Waals surface area contributed by atoms with Crippen LogP contribution in [0.2, 0.25) is 0 Å². The van der Waals surface area contributed by atoms with Crippen LogP contribution in [0.25, 0.3) is 11.1 Å². The van der Waals surface area contributed by atoms with Gasteiger partial charge in [-0.25, -0.2) is 0 Å². The standard InChI is InChI=1S/C26H36BNO3/c1-25(2)26(3,4)31-27(30-25)24-14-12-21(13-15-24)20-8-10-22(11-9-20)23-7-6-16-28(19-23)17-18-29-5/h8-15,23H,6-7,16-19H2,1-5H3. The molecule has 0 N–H and O–H groups in total. The zero-order valence-electron chi connectivity index (χ0n) is 19.7. The molecule has 2 aliphatic heterocycles. The monoisotopic (exact) mass is 421 g/mol. The Morgan fingerprint density at radius 3 is 2.10 bits per heavy atom. The SMILES string of the molecule is COCCN1CCCC(c2ccc(-c3ccc(B4OC(C)(C)C(C)(C)O4)cc3)cc2)C1. The van der Waals surface area contributed by atoms with Crippen molar-refractivity contribution in [3.05, 3.63) is 54.1 Å². The third-order valence-corrected chi connectivity index (χ3v) is 7.27. The van der Waals surface area contributed by atoms with Crippen LogP contribution in [0.15, 0.2) is 48.5 Å². The van der Waals surface area contributed by atoms with E-state index >= 15 is 0 Å². The van der Waals surface area contributed by atoms with E-state index in [1.165, 1.54) is 36.1 Å². The van der Waals surface area contributed by atoms with Gasteiger partial charge >= 0.3 is 7.12 Å². The molecule has 0 aliphatic carbocycles. The van der Waals surface area contributed by atoms with Gasteiger partial charge in [-0.1, -0.05) is 48.5 Å². The van der Waals surface area contributed by atoms with Crippen molar-refractivity contribution in [1.29, 1.82) is 0 Å². The number of benzene rings is 2. The predicted octanol–water partition coefficient (Wildman–Crippen LogP) is 4.48. The first-order valence-corrected chi connectivity index (χ1v) is 11.6. The number of methoxy groups -OCH3 is 1. The molecule has 2 aromatic carbocycles. The number of piperidine rings is 1. The Hall–Kier alpha value is -1.66. The van der Waals surface area contributed by atoms with Crippen LogP contribution in [0, 0.1) is 0 Å². The van der Waals surface area contributed by atoms with Gasteiger partial charge < -0.3 is 18.9 Å². The van der Waals surface area contributed by atoms with Gasteiger partial charge in [0.1, 0.15) is 0 Å². The van der Waals surface area contributed by atoms with Gasteiger partial charge in [0, 0.05) is 20.2 Å². The summed E-state index contributed by atoms with van der Waals surface area (Å²) in [4.78, 5) is 2.53. The summed E-state index contributed by atoms with van der Waals surface area (Å²) in [7, 11) is 1.47.